The predicted molar refractivity (Wildman–Crippen MR) is 86.1 cm³/mol. The Balaban J connectivity index is 1.46. The van der Waals surface area contributed by atoms with Gasteiger partial charge in [0.2, 0.25) is 5.95 Å². The number of amides is 1. The van der Waals surface area contributed by atoms with E-state index in [-0.39, 0.29) is 5.91 Å². The van der Waals surface area contributed by atoms with E-state index in [0.29, 0.717) is 29.6 Å². The van der Waals surface area contributed by atoms with Crippen LogP contribution in [0.3, 0.4) is 0 Å². The first-order valence-corrected chi connectivity index (χ1v) is 7.81. The Labute approximate surface area is 139 Å². The summed E-state index contributed by atoms with van der Waals surface area (Å²) in [7, 11) is 0. The van der Waals surface area contributed by atoms with E-state index >= 15 is 0 Å². The van der Waals surface area contributed by atoms with Crippen molar-refractivity contribution < 1.29 is 14.1 Å². The van der Waals surface area contributed by atoms with Crippen LogP contribution in [0, 0.1) is 6.92 Å². The van der Waals surface area contributed by atoms with Crippen LogP contribution in [0.15, 0.2) is 23.0 Å². The zero-order valence-corrected chi connectivity index (χ0v) is 13.5. The molecule has 1 aliphatic heterocycles. The van der Waals surface area contributed by atoms with Crippen LogP contribution in [0.1, 0.15) is 16.1 Å². The van der Waals surface area contributed by atoms with E-state index in [2.05, 4.69) is 30.7 Å². The minimum absolute atomic E-state index is 0.188. The molecule has 0 saturated carbocycles. The van der Waals surface area contributed by atoms with E-state index in [0.717, 1.165) is 32.8 Å². The van der Waals surface area contributed by atoms with Crippen molar-refractivity contribution in [2.75, 3.05) is 44.7 Å². The molecule has 0 aliphatic carbocycles. The van der Waals surface area contributed by atoms with Crippen LogP contribution in [0.4, 0.5) is 11.8 Å². The highest BCUT2D eigenvalue weighted by Crippen LogP contribution is 2.12. The number of rotatable bonds is 6. The molecule has 3 rings (SSSR count). The molecular weight excluding hydrogens is 312 g/mol. The van der Waals surface area contributed by atoms with E-state index in [1.54, 1.807) is 13.0 Å². The van der Waals surface area contributed by atoms with Gasteiger partial charge in [-0.1, -0.05) is 5.16 Å². The van der Waals surface area contributed by atoms with Crippen LogP contribution in [-0.4, -0.2) is 65.3 Å². The molecule has 2 aromatic rings. The van der Waals surface area contributed by atoms with Gasteiger partial charge in [0.1, 0.15) is 5.76 Å². The van der Waals surface area contributed by atoms with E-state index in [9.17, 15) is 4.79 Å². The molecular formula is C15H20N6O3. The molecule has 0 spiro atoms. The maximum atomic E-state index is 12.1. The molecule has 2 aromatic heterocycles. The van der Waals surface area contributed by atoms with Gasteiger partial charge in [-0.3, -0.25) is 9.69 Å². The Morgan fingerprint density at radius 2 is 2.04 bits per heavy atom. The quantitative estimate of drug-likeness (QED) is 0.791. The number of ether oxygens (including phenoxy) is 1. The molecule has 0 radical (unpaired) electrons. The highest BCUT2D eigenvalue weighted by atomic mass is 16.5. The molecule has 9 nitrogen and oxygen atoms in total. The largest absolute Gasteiger partial charge is 0.379 e. The fourth-order valence-corrected chi connectivity index (χ4v) is 2.30. The molecule has 24 heavy (non-hydrogen) atoms. The number of hydrogen-bond donors (Lipinski definition) is 2. The summed E-state index contributed by atoms with van der Waals surface area (Å²) in [5.74, 6) is 1.38. The summed E-state index contributed by atoms with van der Waals surface area (Å²) >= 11 is 0. The lowest BCUT2D eigenvalue weighted by molar-refractivity contribution is 0.0383. The van der Waals surface area contributed by atoms with Crippen molar-refractivity contribution in [3.63, 3.8) is 0 Å². The minimum Gasteiger partial charge on any atom is -0.379 e. The van der Waals surface area contributed by atoms with Gasteiger partial charge in [-0.2, -0.15) is 0 Å². The molecule has 1 saturated heterocycles. The number of nitrogens with zero attached hydrogens (tertiary/aromatic N) is 4. The first-order chi connectivity index (χ1) is 11.7. The molecule has 0 unspecified atom stereocenters. The summed E-state index contributed by atoms with van der Waals surface area (Å²) in [6, 6.07) is 1.73. The topological polar surface area (TPSA) is 105 Å². The Kier molecular flexibility index (Phi) is 5.34. The third kappa shape index (κ3) is 4.49. The Bertz CT molecular complexity index is 666. The lowest BCUT2D eigenvalue weighted by Gasteiger charge is -2.26. The maximum absolute atomic E-state index is 12.1. The number of morpholine rings is 1. The molecule has 1 fully saturated rings. The van der Waals surface area contributed by atoms with Crippen molar-refractivity contribution in [1.82, 2.24) is 25.3 Å². The second kappa shape index (κ2) is 7.84. The van der Waals surface area contributed by atoms with Crippen molar-refractivity contribution in [3.05, 3.63) is 29.8 Å². The number of carbonyl (C=O) groups is 1. The van der Waals surface area contributed by atoms with E-state index in [1.807, 2.05) is 0 Å². The van der Waals surface area contributed by atoms with Gasteiger partial charge in [0.05, 0.1) is 18.8 Å². The summed E-state index contributed by atoms with van der Waals surface area (Å²) in [5, 5.41) is 9.56. The average molecular weight is 332 g/mol. The van der Waals surface area contributed by atoms with Gasteiger partial charge in [-0.15, -0.1) is 0 Å². The van der Waals surface area contributed by atoms with Gasteiger partial charge in [0.25, 0.3) is 5.91 Å². The fraction of sp³-hybridized carbons (Fsp3) is 0.467. The normalized spacial score (nSPS) is 15.2. The zero-order chi connectivity index (χ0) is 16.8. The zero-order valence-electron chi connectivity index (χ0n) is 13.5. The van der Waals surface area contributed by atoms with Crippen molar-refractivity contribution in [3.8, 4) is 0 Å². The van der Waals surface area contributed by atoms with Gasteiger partial charge in [-0.25, -0.2) is 9.97 Å². The summed E-state index contributed by atoms with van der Waals surface area (Å²) in [6.45, 7) is 6.49. The molecule has 128 valence electrons. The van der Waals surface area contributed by atoms with Crippen LogP contribution in [0.25, 0.3) is 0 Å². The molecule has 0 atom stereocenters. The minimum atomic E-state index is -0.188. The van der Waals surface area contributed by atoms with Crippen LogP contribution in [0.2, 0.25) is 0 Å². The molecule has 0 bridgehead atoms. The van der Waals surface area contributed by atoms with Gasteiger partial charge in [0.15, 0.2) is 5.82 Å². The van der Waals surface area contributed by atoms with Crippen LogP contribution >= 0.6 is 0 Å². The first kappa shape index (κ1) is 16.3. The molecule has 3 heterocycles. The van der Waals surface area contributed by atoms with Crippen molar-refractivity contribution in [1.29, 1.82) is 0 Å². The van der Waals surface area contributed by atoms with Crippen molar-refractivity contribution in [2.24, 2.45) is 0 Å². The summed E-state index contributed by atoms with van der Waals surface area (Å²) in [6.07, 6.45) is 2.96. The third-order valence-corrected chi connectivity index (χ3v) is 3.60. The fourth-order valence-electron chi connectivity index (χ4n) is 2.30. The number of nitrogens with one attached hydrogen (secondary N) is 2. The van der Waals surface area contributed by atoms with Gasteiger partial charge in [-0.05, 0) is 6.92 Å². The number of carbonyl (C=O) groups excluding carboxylic acids is 1. The predicted octanol–water partition coefficient (Wildman–Crippen LogP) is 0.579. The molecule has 1 amide bonds. The molecule has 2 N–H and O–H groups in total. The highest BCUT2D eigenvalue weighted by Gasteiger charge is 2.11. The highest BCUT2D eigenvalue weighted by molar-refractivity contribution is 5.93. The SMILES string of the molecule is Cc1cc(Nc2ncc(C(=O)NCCN3CCOCC3)cn2)no1. The van der Waals surface area contributed by atoms with Gasteiger partial charge < -0.3 is 19.9 Å². The smallest absolute Gasteiger partial charge is 0.254 e. The Morgan fingerprint density at radius 3 is 2.71 bits per heavy atom. The number of aromatic nitrogens is 3. The average Bonchev–Trinajstić information content (AvgIpc) is 3.01. The van der Waals surface area contributed by atoms with Crippen molar-refractivity contribution >= 4 is 17.7 Å². The monoisotopic (exact) mass is 332 g/mol. The van der Waals surface area contributed by atoms with E-state index in [1.165, 1.54) is 12.4 Å². The molecule has 1 aliphatic rings. The maximum Gasteiger partial charge on any atom is 0.254 e. The molecule has 9 heteroatoms. The second-order valence-electron chi connectivity index (χ2n) is 5.45. The standard InChI is InChI=1S/C15H20N6O3/c1-11-8-13(20-24-11)19-15-17-9-12(10-18-15)14(22)16-2-3-21-4-6-23-7-5-21/h8-10H,2-7H2,1H3,(H,16,22)(H,17,18,19,20). The number of anilines is 2. The summed E-state index contributed by atoms with van der Waals surface area (Å²) in [4.78, 5) is 22.6. The summed E-state index contributed by atoms with van der Waals surface area (Å²) in [5.41, 5.74) is 0.416. The van der Waals surface area contributed by atoms with Crippen LogP contribution in [0.5, 0.6) is 0 Å². The number of aryl methyl sites for hydroxylation is 1. The van der Waals surface area contributed by atoms with E-state index in [4.69, 9.17) is 9.26 Å². The van der Waals surface area contributed by atoms with Gasteiger partial charge in [0, 0.05) is 44.6 Å². The lowest BCUT2D eigenvalue weighted by atomic mass is 10.3. The Morgan fingerprint density at radius 1 is 1.29 bits per heavy atom. The molecule has 0 aromatic carbocycles. The van der Waals surface area contributed by atoms with Crippen LogP contribution in [-0.2, 0) is 4.74 Å². The van der Waals surface area contributed by atoms with E-state index < -0.39 is 0 Å². The number of hydrogen-bond acceptors (Lipinski definition) is 8. The lowest BCUT2D eigenvalue weighted by Crippen LogP contribution is -2.41. The van der Waals surface area contributed by atoms with Crippen molar-refractivity contribution in [2.45, 2.75) is 6.92 Å². The Hall–Kier alpha value is -2.52. The van der Waals surface area contributed by atoms with Gasteiger partial charge >= 0.3 is 0 Å². The van der Waals surface area contributed by atoms with Crippen LogP contribution < -0.4 is 10.6 Å². The third-order valence-electron chi connectivity index (χ3n) is 3.60. The first-order valence-electron chi connectivity index (χ1n) is 7.81. The summed E-state index contributed by atoms with van der Waals surface area (Å²) < 4.78 is 10.2. The second-order valence-corrected chi connectivity index (χ2v) is 5.45.